The van der Waals surface area contributed by atoms with E-state index in [-0.39, 0.29) is 0 Å². The van der Waals surface area contributed by atoms with E-state index in [4.69, 9.17) is 31.2 Å². The van der Waals surface area contributed by atoms with E-state index in [0.29, 0.717) is 0 Å². The van der Waals surface area contributed by atoms with E-state index >= 15 is 0 Å². The van der Waals surface area contributed by atoms with E-state index in [9.17, 15) is 0 Å². The molecule has 0 saturated carbocycles. The molecule has 0 spiro atoms. The molecule has 0 bridgehead atoms. The fourth-order valence-electron chi connectivity index (χ4n) is 13.1. The molecule has 0 saturated heterocycles. The van der Waals surface area contributed by atoms with Crippen molar-refractivity contribution >= 4 is 133 Å². The van der Waals surface area contributed by atoms with Crippen molar-refractivity contribution in [2.75, 3.05) is 49.9 Å². The molecule has 0 aliphatic carbocycles. The zero-order valence-corrected chi connectivity index (χ0v) is 55.9. The van der Waals surface area contributed by atoms with Gasteiger partial charge in [0, 0.05) is 83.1 Å². The molecule has 0 amide bonds. The number of hydrogen-bond donors (Lipinski definition) is 4. The second-order valence-corrected chi connectivity index (χ2v) is 24.9. The molecule has 4 aliphatic rings. The van der Waals surface area contributed by atoms with E-state index in [1.165, 1.54) is 11.3 Å². The number of nitrogen functional groups attached to an aromatic ring is 2. The molecule has 13 aromatic carbocycles. The summed E-state index contributed by atoms with van der Waals surface area (Å²) in [4.78, 5) is 26.1. The highest BCUT2D eigenvalue weighted by Crippen LogP contribution is 2.45. The van der Waals surface area contributed by atoms with Crippen molar-refractivity contribution < 1.29 is 9.30 Å². The highest BCUT2D eigenvalue weighted by Gasteiger charge is 2.27. The predicted molar refractivity (Wildman–Crippen MR) is 413 cm³/mol. The zero-order chi connectivity index (χ0) is 68.4. The molecule has 0 unspecified atom stereocenters. The van der Waals surface area contributed by atoms with Gasteiger partial charge in [-0.3, -0.25) is 0 Å². The van der Waals surface area contributed by atoms with Crippen LogP contribution in [0.1, 0.15) is 30.5 Å². The maximum Gasteiger partial charge on any atom is 0.241 e. The average Bonchev–Trinajstić information content (AvgIpc) is 0.750. The Labute approximate surface area is 580 Å². The third-order valence-electron chi connectivity index (χ3n) is 18.1. The van der Waals surface area contributed by atoms with Crippen molar-refractivity contribution in [1.82, 2.24) is 4.98 Å². The summed E-state index contributed by atoms with van der Waals surface area (Å²) < 4.78 is 8.61. The minimum atomic E-state index is 0.726. The zero-order valence-electron chi connectivity index (χ0n) is 55.9. The van der Waals surface area contributed by atoms with Crippen LogP contribution >= 0.6 is 0 Å². The summed E-state index contributed by atoms with van der Waals surface area (Å²) in [5.41, 5.74) is 36.3. The fraction of sp³-hybridized carbons (Fsp3) is 0.0690. The Hall–Kier alpha value is -13.1. The van der Waals surface area contributed by atoms with Gasteiger partial charge in [0.05, 0.1) is 73.3 Å². The summed E-state index contributed by atoms with van der Waals surface area (Å²) in [6, 6.07) is 94.6. The minimum absolute atomic E-state index is 0.726. The van der Waals surface area contributed by atoms with Gasteiger partial charge in [-0.05, 0) is 193 Å². The number of hydrogen-bond acceptors (Lipinski definition) is 12. The molecule has 4 aliphatic heterocycles. The monoisotopic (exact) mass is 1300 g/mol. The molecule has 1 aromatic heterocycles. The Morgan fingerprint density at radius 3 is 1.70 bits per heavy atom. The summed E-state index contributed by atoms with van der Waals surface area (Å²) in [6.45, 7) is 20.4. The first kappa shape index (κ1) is 63.0. The van der Waals surface area contributed by atoms with Crippen LogP contribution < -0.4 is 77.8 Å². The van der Waals surface area contributed by atoms with Crippen molar-refractivity contribution in [2.24, 2.45) is 15.0 Å². The standard InChI is InChI=1S/C31H21N3O.C23H23N3.C19H15N3.C14H13N3/c1-3-10-23(11-4-1)32-24-15-16-26-28(19-24)34(25-12-5-2-6-13-25)29-20-31-22(18-27(29)33-26)17-21-9-7-8-14-30(21)35-31;1-4-25(5-2)19-12-14-21-23(16-19)26(18-9-7-6-8-10-18)22-15-17(3)11-13-20(22)24-21;1-13-7-9-16-18(11-13)22(15-5-3-2-4-6-15)19-12-14(20)8-10-17(19)21-16;1-8-3-4-11-12(5-8)17-14-7-10(15)9(2)6-13(14)16-11/h1-16,18-20H,17H2;6-16H,3-5H2,1-2H3;2-12H,1,20H2;3-7,17H,1,15H2,2H3/p+1. The lowest BCUT2D eigenvalue weighted by Crippen LogP contribution is -2.33. The third-order valence-corrected chi connectivity index (χ3v) is 18.1. The number of aryl methyl sites for hydroxylation is 1. The molecule has 100 heavy (non-hydrogen) atoms. The topological polar surface area (TPSA) is 149 Å². The van der Waals surface area contributed by atoms with Gasteiger partial charge in [0.15, 0.2) is 0 Å². The lowest BCUT2D eigenvalue weighted by atomic mass is 9.99. The van der Waals surface area contributed by atoms with Crippen LogP contribution in [0, 0.1) is 6.92 Å². The minimum Gasteiger partial charge on any atom is -0.457 e. The molecule has 18 rings (SSSR count). The number of nitrogens with two attached hydrogens (primary N) is 2. The Morgan fingerprint density at radius 1 is 0.470 bits per heavy atom. The Balaban J connectivity index is 0.000000112. The van der Waals surface area contributed by atoms with Crippen molar-refractivity contribution in [1.29, 1.82) is 0 Å². The van der Waals surface area contributed by atoms with Crippen LogP contribution in [0.2, 0.25) is 0 Å². The molecule has 0 atom stereocenters. The van der Waals surface area contributed by atoms with Crippen molar-refractivity contribution in [3.8, 4) is 17.2 Å². The van der Waals surface area contributed by atoms with Crippen LogP contribution in [-0.4, -0.2) is 18.1 Å². The molecule has 14 aromatic rings. The van der Waals surface area contributed by atoms with Gasteiger partial charge in [-0.2, -0.15) is 0 Å². The van der Waals surface area contributed by atoms with E-state index in [2.05, 4.69) is 220 Å². The Kier molecular flexibility index (Phi) is 17.1. The second kappa shape index (κ2) is 27.2. The first-order valence-corrected chi connectivity index (χ1v) is 33.5. The molecule has 486 valence electrons. The molecular weight excluding hydrogens is 1230 g/mol. The van der Waals surface area contributed by atoms with Crippen LogP contribution in [-0.2, 0) is 6.42 Å². The molecule has 0 fully saturated rings. The highest BCUT2D eigenvalue weighted by atomic mass is 16.5. The van der Waals surface area contributed by atoms with E-state index in [1.54, 1.807) is 0 Å². The first-order chi connectivity index (χ1) is 48.9. The summed E-state index contributed by atoms with van der Waals surface area (Å²) in [6.07, 6.45) is 0.840. The van der Waals surface area contributed by atoms with Gasteiger partial charge in [0.25, 0.3) is 0 Å². The van der Waals surface area contributed by atoms with E-state index < -0.39 is 0 Å². The van der Waals surface area contributed by atoms with Crippen LogP contribution in [0.3, 0.4) is 0 Å². The smallest absolute Gasteiger partial charge is 0.241 e. The quantitative estimate of drug-likeness (QED) is 0.0663. The number of fused-ring (bicyclic) bond motifs is 10. The van der Waals surface area contributed by atoms with E-state index in [0.717, 1.165) is 187 Å². The van der Waals surface area contributed by atoms with Crippen molar-refractivity contribution in [3.05, 3.63) is 327 Å². The maximum atomic E-state index is 6.34. The number of aromatic nitrogens is 2. The van der Waals surface area contributed by atoms with Gasteiger partial charge in [-0.25, -0.2) is 20.0 Å². The largest absolute Gasteiger partial charge is 0.457 e. The fourth-order valence-corrected chi connectivity index (χ4v) is 13.1. The average molecular weight is 1300 g/mol. The second-order valence-electron chi connectivity index (χ2n) is 24.9. The van der Waals surface area contributed by atoms with Gasteiger partial charge in [0.1, 0.15) is 22.5 Å². The number of benzene rings is 13. The van der Waals surface area contributed by atoms with Crippen molar-refractivity contribution in [2.45, 2.75) is 27.2 Å². The summed E-state index contributed by atoms with van der Waals surface area (Å²) in [7, 11) is 0. The maximum absolute atomic E-state index is 6.34. The number of rotatable bonds is 8. The molecule has 6 N–H and O–H groups in total. The number of nitrogens with one attached hydrogen (secondary N) is 2. The summed E-state index contributed by atoms with van der Waals surface area (Å²) in [5.74, 6) is 1.81. The number of nitrogens with zero attached hydrogens (tertiary/aromatic N) is 8. The van der Waals surface area contributed by atoms with Gasteiger partial charge in [-0.1, -0.05) is 129 Å². The predicted octanol–water partition coefficient (Wildman–Crippen LogP) is 17.2. The lowest BCUT2D eigenvalue weighted by Gasteiger charge is -2.31. The highest BCUT2D eigenvalue weighted by molar-refractivity contribution is 5.90. The van der Waals surface area contributed by atoms with Gasteiger partial charge in [-0.15, -0.1) is 4.57 Å². The third kappa shape index (κ3) is 12.8. The van der Waals surface area contributed by atoms with Gasteiger partial charge >= 0.3 is 0 Å². The Bertz CT molecular complexity index is 5840. The molecular formula is C87H73N12O+. The molecule has 13 heteroatoms. The van der Waals surface area contributed by atoms with Crippen molar-refractivity contribution in [3.63, 3.8) is 0 Å². The molecule has 5 heterocycles. The molecule has 13 nitrogen and oxygen atoms in total. The SMILES string of the molecule is C=c1ccc2c(c1)N(c1ccccc1)c1cc(N(CC)CC)ccc1N=2.C=c1ccc2c(c1)N(c1ccccc1)c1cc(N)ccc1N=2.C=c1ccc2c(c1)Nc1cc(N)c(C)cc1N=2.c1ccc(Nc2ccc3nc4cc5c(cc4[n+](-c4ccccc4)c3c2)Oc2ccccc2C5)cc1. The number of anilines is 13. The van der Waals surface area contributed by atoms with Crippen LogP contribution in [0.5, 0.6) is 11.5 Å². The van der Waals surface area contributed by atoms with Crippen LogP contribution in [0.25, 0.3) is 47.5 Å². The molecule has 0 radical (unpaired) electrons. The van der Waals surface area contributed by atoms with Gasteiger partial charge < -0.3 is 41.5 Å². The summed E-state index contributed by atoms with van der Waals surface area (Å²) in [5, 5.41) is 12.6. The van der Waals surface area contributed by atoms with Gasteiger partial charge in [0.2, 0.25) is 16.7 Å². The van der Waals surface area contributed by atoms with E-state index in [1.807, 2.05) is 134 Å². The summed E-state index contributed by atoms with van der Waals surface area (Å²) >= 11 is 0. The number of ether oxygens (including phenoxy) is 1. The first-order valence-electron chi connectivity index (χ1n) is 33.5. The van der Waals surface area contributed by atoms with Crippen LogP contribution in [0.4, 0.5) is 91.0 Å². The Morgan fingerprint density at radius 2 is 1.04 bits per heavy atom. The number of para-hydroxylation sites is 5. The van der Waals surface area contributed by atoms with Crippen LogP contribution in [0.15, 0.2) is 294 Å². The lowest BCUT2D eigenvalue weighted by molar-refractivity contribution is -0.538. The normalized spacial score (nSPS) is 12.2.